The van der Waals surface area contributed by atoms with E-state index in [0.29, 0.717) is 31.5 Å². The van der Waals surface area contributed by atoms with Crippen molar-refractivity contribution in [1.82, 2.24) is 10.6 Å². The lowest BCUT2D eigenvalue weighted by atomic mass is 9.96. The van der Waals surface area contributed by atoms with Crippen molar-refractivity contribution < 1.29 is 14.4 Å². The maximum Gasteiger partial charge on any atom is 0.246 e. The minimum atomic E-state index is -0.636. The highest BCUT2D eigenvalue weighted by atomic mass is 16.2. The van der Waals surface area contributed by atoms with E-state index in [1.165, 1.54) is 0 Å². The van der Waals surface area contributed by atoms with E-state index in [1.54, 1.807) is 0 Å². The molecule has 0 aliphatic carbocycles. The molecule has 0 bridgehead atoms. The van der Waals surface area contributed by atoms with Gasteiger partial charge in [0.2, 0.25) is 18.2 Å². The molecule has 2 unspecified atom stereocenters. The van der Waals surface area contributed by atoms with Crippen LogP contribution < -0.4 is 16.0 Å². The van der Waals surface area contributed by atoms with Gasteiger partial charge < -0.3 is 16.0 Å². The molecule has 3 amide bonds. The van der Waals surface area contributed by atoms with E-state index in [2.05, 4.69) is 16.0 Å². The second-order valence-corrected chi connectivity index (χ2v) is 6.66. The van der Waals surface area contributed by atoms with Gasteiger partial charge in [-0.3, -0.25) is 14.4 Å². The highest BCUT2D eigenvalue weighted by Gasteiger charge is 2.24. The van der Waals surface area contributed by atoms with Gasteiger partial charge in [0, 0.05) is 18.2 Å². The molecule has 0 fully saturated rings. The molecule has 6 heteroatoms. The Morgan fingerprint density at radius 1 is 1.08 bits per heavy atom. The van der Waals surface area contributed by atoms with Crippen LogP contribution in [-0.4, -0.2) is 30.8 Å². The van der Waals surface area contributed by atoms with Crippen LogP contribution >= 0.6 is 0 Å². The molecule has 1 aromatic rings. The van der Waals surface area contributed by atoms with Crippen molar-refractivity contribution in [2.75, 3.05) is 11.9 Å². The molecule has 0 heterocycles. The molecule has 0 radical (unpaired) electrons. The summed E-state index contributed by atoms with van der Waals surface area (Å²) in [7, 11) is 0. The summed E-state index contributed by atoms with van der Waals surface area (Å²) in [6, 6.07) is 6.85. The summed E-state index contributed by atoms with van der Waals surface area (Å²) >= 11 is 0. The fourth-order valence-corrected chi connectivity index (χ4v) is 2.21. The third-order valence-electron chi connectivity index (χ3n) is 4.26. The van der Waals surface area contributed by atoms with E-state index in [4.69, 9.17) is 0 Å². The van der Waals surface area contributed by atoms with Crippen LogP contribution in [0.2, 0.25) is 0 Å². The number of carbonyl (C=O) groups excluding carboxylic acids is 3. The first-order valence-corrected chi connectivity index (χ1v) is 8.70. The second kappa shape index (κ2) is 10.5. The zero-order valence-electron chi connectivity index (χ0n) is 15.5. The molecule has 138 valence electrons. The number of hydrogen-bond donors (Lipinski definition) is 3. The number of benzene rings is 1. The largest absolute Gasteiger partial charge is 0.359 e. The van der Waals surface area contributed by atoms with Gasteiger partial charge in [-0.1, -0.05) is 38.5 Å². The molecule has 0 aliphatic heterocycles. The van der Waals surface area contributed by atoms with Crippen LogP contribution in [-0.2, 0) is 14.4 Å². The quantitative estimate of drug-likeness (QED) is 0.448. The average Bonchev–Trinajstić information content (AvgIpc) is 2.58. The van der Waals surface area contributed by atoms with Gasteiger partial charge >= 0.3 is 0 Å². The molecule has 0 spiro atoms. The van der Waals surface area contributed by atoms with Gasteiger partial charge in [-0.25, -0.2) is 0 Å². The van der Waals surface area contributed by atoms with Crippen LogP contribution in [0, 0.1) is 18.8 Å². The van der Waals surface area contributed by atoms with E-state index < -0.39 is 6.04 Å². The normalized spacial score (nSPS) is 13.0. The summed E-state index contributed by atoms with van der Waals surface area (Å²) in [6.07, 6.45) is 1.68. The van der Waals surface area contributed by atoms with Gasteiger partial charge in [0.1, 0.15) is 6.04 Å². The lowest BCUT2D eigenvalue weighted by Gasteiger charge is -2.22. The van der Waals surface area contributed by atoms with E-state index in [0.717, 1.165) is 5.56 Å². The Labute approximate surface area is 149 Å². The van der Waals surface area contributed by atoms with Crippen molar-refractivity contribution in [1.29, 1.82) is 0 Å². The van der Waals surface area contributed by atoms with E-state index in [1.807, 2.05) is 52.0 Å². The van der Waals surface area contributed by atoms with Crippen molar-refractivity contribution in [3.8, 4) is 0 Å². The first kappa shape index (κ1) is 20.7. The van der Waals surface area contributed by atoms with Crippen LogP contribution in [0.1, 0.15) is 39.2 Å². The predicted octanol–water partition coefficient (Wildman–Crippen LogP) is 2.24. The highest BCUT2D eigenvalue weighted by Crippen LogP contribution is 2.13. The van der Waals surface area contributed by atoms with Crippen LogP contribution in [0.3, 0.4) is 0 Å². The lowest BCUT2D eigenvalue weighted by Crippen LogP contribution is -2.46. The molecule has 0 saturated carbocycles. The molecule has 6 nitrogen and oxygen atoms in total. The fraction of sp³-hybridized carbons (Fsp3) is 0.526. The van der Waals surface area contributed by atoms with Crippen LogP contribution in [0.4, 0.5) is 5.69 Å². The van der Waals surface area contributed by atoms with Gasteiger partial charge in [0.15, 0.2) is 0 Å². The number of nitrogens with one attached hydrogen (secondary N) is 3. The fourth-order valence-electron chi connectivity index (χ4n) is 2.21. The van der Waals surface area contributed by atoms with Crippen LogP contribution in [0.5, 0.6) is 0 Å². The summed E-state index contributed by atoms with van der Waals surface area (Å²) in [4.78, 5) is 35.2. The SMILES string of the molecule is Cc1ccc(NC(=O)C(CCCNC=O)NC(=O)C(C)C(C)C)cc1. The molecular formula is C19H29N3O3. The number of amides is 3. The maximum absolute atomic E-state index is 12.6. The average molecular weight is 347 g/mol. The Balaban J connectivity index is 2.73. The van der Waals surface area contributed by atoms with Crippen molar-refractivity contribution >= 4 is 23.9 Å². The molecule has 0 aromatic heterocycles. The Morgan fingerprint density at radius 3 is 2.28 bits per heavy atom. The first-order chi connectivity index (χ1) is 11.8. The zero-order chi connectivity index (χ0) is 18.8. The standard InChI is InChI=1S/C19H29N3O3/c1-13(2)15(4)18(24)22-17(6-5-11-20-12-23)19(25)21-16-9-7-14(3)8-10-16/h7-10,12-13,15,17H,5-6,11H2,1-4H3,(H,20,23)(H,21,25)(H,22,24). The number of aryl methyl sites for hydroxylation is 1. The van der Waals surface area contributed by atoms with Crippen molar-refractivity contribution in [2.45, 2.75) is 46.6 Å². The molecule has 0 aliphatic rings. The van der Waals surface area contributed by atoms with Gasteiger partial charge in [0.05, 0.1) is 0 Å². The summed E-state index contributed by atoms with van der Waals surface area (Å²) in [5.74, 6) is -0.373. The van der Waals surface area contributed by atoms with Crippen LogP contribution in [0.15, 0.2) is 24.3 Å². The Kier molecular flexibility index (Phi) is 8.67. The molecule has 25 heavy (non-hydrogen) atoms. The van der Waals surface area contributed by atoms with Crippen molar-refractivity contribution in [3.63, 3.8) is 0 Å². The molecule has 1 aromatic carbocycles. The highest BCUT2D eigenvalue weighted by molar-refractivity contribution is 5.97. The van der Waals surface area contributed by atoms with Gasteiger partial charge in [-0.05, 0) is 37.8 Å². The number of rotatable bonds is 10. The van der Waals surface area contributed by atoms with Crippen LogP contribution in [0.25, 0.3) is 0 Å². The first-order valence-electron chi connectivity index (χ1n) is 8.70. The Morgan fingerprint density at radius 2 is 1.72 bits per heavy atom. The number of hydrogen-bond acceptors (Lipinski definition) is 3. The smallest absolute Gasteiger partial charge is 0.246 e. The van der Waals surface area contributed by atoms with Gasteiger partial charge in [0.25, 0.3) is 0 Å². The van der Waals surface area contributed by atoms with Gasteiger partial charge in [-0.15, -0.1) is 0 Å². The molecular weight excluding hydrogens is 318 g/mol. The summed E-state index contributed by atoms with van der Waals surface area (Å²) in [5.41, 5.74) is 1.80. The monoisotopic (exact) mass is 347 g/mol. The predicted molar refractivity (Wildman–Crippen MR) is 99.0 cm³/mol. The maximum atomic E-state index is 12.6. The lowest BCUT2D eigenvalue weighted by molar-refractivity contribution is -0.130. The Bertz CT molecular complexity index is 570. The summed E-state index contributed by atoms with van der Waals surface area (Å²) < 4.78 is 0. The number of carbonyl (C=O) groups is 3. The van der Waals surface area contributed by atoms with Crippen molar-refractivity contribution in [2.24, 2.45) is 11.8 Å². The molecule has 1 rings (SSSR count). The number of anilines is 1. The molecule has 0 saturated heterocycles. The second-order valence-electron chi connectivity index (χ2n) is 6.66. The van der Waals surface area contributed by atoms with E-state index >= 15 is 0 Å². The minimum Gasteiger partial charge on any atom is -0.359 e. The van der Waals surface area contributed by atoms with E-state index in [9.17, 15) is 14.4 Å². The molecule has 3 N–H and O–H groups in total. The molecule has 2 atom stereocenters. The minimum absolute atomic E-state index is 0.137. The van der Waals surface area contributed by atoms with Gasteiger partial charge in [-0.2, -0.15) is 0 Å². The Hall–Kier alpha value is -2.37. The van der Waals surface area contributed by atoms with Crippen molar-refractivity contribution in [3.05, 3.63) is 29.8 Å². The summed E-state index contributed by atoms with van der Waals surface area (Å²) in [6.45, 7) is 8.23. The summed E-state index contributed by atoms with van der Waals surface area (Å²) in [5, 5.41) is 8.25. The third kappa shape index (κ3) is 7.37. The zero-order valence-corrected chi connectivity index (χ0v) is 15.5. The van der Waals surface area contributed by atoms with E-state index in [-0.39, 0.29) is 23.7 Å². The third-order valence-corrected chi connectivity index (χ3v) is 4.26. The topological polar surface area (TPSA) is 87.3 Å².